The van der Waals surface area contributed by atoms with E-state index < -0.39 is 5.97 Å². The van der Waals surface area contributed by atoms with Gasteiger partial charge in [0, 0.05) is 25.5 Å². The van der Waals surface area contributed by atoms with Gasteiger partial charge in [0.2, 0.25) is 5.91 Å². The van der Waals surface area contributed by atoms with Crippen LogP contribution in [-0.4, -0.2) is 46.9 Å². The van der Waals surface area contributed by atoms with Crippen LogP contribution >= 0.6 is 0 Å². The highest BCUT2D eigenvalue weighted by Crippen LogP contribution is 2.23. The number of amides is 1. The van der Waals surface area contributed by atoms with Gasteiger partial charge in [-0.1, -0.05) is 10.2 Å². The van der Waals surface area contributed by atoms with E-state index in [0.717, 1.165) is 0 Å². The van der Waals surface area contributed by atoms with Crippen LogP contribution in [0.1, 0.15) is 24.0 Å². The van der Waals surface area contributed by atoms with Crippen LogP contribution in [0.25, 0.3) is 0 Å². The van der Waals surface area contributed by atoms with Gasteiger partial charge in [-0.3, -0.25) is 9.69 Å². The first kappa shape index (κ1) is 12.5. The molecule has 1 aromatic rings. The lowest BCUT2D eigenvalue weighted by Gasteiger charge is -2.09. The molecule has 98 valence electrons. The minimum Gasteiger partial charge on any atom is -0.459 e. The fraction of sp³-hybridized carbons (Fsp3) is 0.600. The maximum Gasteiger partial charge on any atom is 0.396 e. The minimum atomic E-state index is -0.721. The molecule has 1 atom stereocenters. The van der Waals surface area contributed by atoms with Gasteiger partial charge in [0.1, 0.15) is 0 Å². The number of aliphatic hydroxyl groups excluding tert-OH is 1. The van der Waals surface area contributed by atoms with Crippen LogP contribution in [0.2, 0.25) is 0 Å². The van der Waals surface area contributed by atoms with Crippen LogP contribution in [0.4, 0.5) is 6.01 Å². The number of carbonyl (C=O) groups excluding carboxylic acids is 2. The van der Waals surface area contributed by atoms with Gasteiger partial charge in [-0.25, -0.2) is 4.79 Å². The molecule has 1 unspecified atom stereocenters. The summed E-state index contributed by atoms with van der Waals surface area (Å²) in [7, 11) is 0. The zero-order chi connectivity index (χ0) is 13.1. The summed E-state index contributed by atoms with van der Waals surface area (Å²) in [4.78, 5) is 24.2. The number of anilines is 1. The summed E-state index contributed by atoms with van der Waals surface area (Å²) in [6.07, 6.45) is 0.230. The van der Waals surface area contributed by atoms with Gasteiger partial charge < -0.3 is 14.3 Å². The van der Waals surface area contributed by atoms with Gasteiger partial charge in [-0.05, 0) is 6.92 Å². The molecule has 1 fully saturated rings. The summed E-state index contributed by atoms with van der Waals surface area (Å²) in [5.74, 6) is -1.36. The SMILES string of the molecule is CCOC(=O)c1nnc(N2CC(CO)CC2=O)o1. The quantitative estimate of drug-likeness (QED) is 0.729. The standard InChI is InChI=1S/C10H13N3O5/c1-2-17-9(16)8-11-12-10(18-8)13-4-6(5-14)3-7(13)15/h6,14H,2-5H2,1H3. The predicted octanol–water partition coefficient (Wildman–Crippen LogP) is -0.409. The zero-order valence-corrected chi connectivity index (χ0v) is 9.83. The number of hydrogen-bond acceptors (Lipinski definition) is 7. The van der Waals surface area contributed by atoms with E-state index >= 15 is 0 Å². The Balaban J connectivity index is 2.11. The number of aliphatic hydroxyl groups is 1. The topological polar surface area (TPSA) is 106 Å². The molecule has 0 aromatic carbocycles. The van der Waals surface area contributed by atoms with Gasteiger partial charge >= 0.3 is 17.9 Å². The van der Waals surface area contributed by atoms with Crippen molar-refractivity contribution >= 4 is 17.9 Å². The number of aromatic nitrogens is 2. The highest BCUT2D eigenvalue weighted by atomic mass is 16.5. The highest BCUT2D eigenvalue weighted by Gasteiger charge is 2.34. The normalized spacial score (nSPS) is 19.3. The Morgan fingerprint density at radius 1 is 1.61 bits per heavy atom. The van der Waals surface area contributed by atoms with Crippen molar-refractivity contribution in [1.82, 2.24) is 10.2 Å². The molecule has 2 rings (SSSR count). The Hall–Kier alpha value is -1.96. The average molecular weight is 255 g/mol. The van der Waals surface area contributed by atoms with Gasteiger partial charge in [-0.2, -0.15) is 0 Å². The van der Waals surface area contributed by atoms with Crippen LogP contribution < -0.4 is 4.90 Å². The molecule has 0 radical (unpaired) electrons. The van der Waals surface area contributed by atoms with Crippen molar-refractivity contribution in [1.29, 1.82) is 0 Å². The highest BCUT2D eigenvalue weighted by molar-refractivity contribution is 5.94. The number of esters is 1. The van der Waals surface area contributed by atoms with Crippen LogP contribution in [0.15, 0.2) is 4.42 Å². The maximum absolute atomic E-state index is 11.6. The Labute approximate surface area is 103 Å². The Kier molecular flexibility index (Phi) is 3.56. The summed E-state index contributed by atoms with van der Waals surface area (Å²) >= 11 is 0. The van der Waals surface area contributed by atoms with Crippen LogP contribution in [0.3, 0.4) is 0 Å². The van der Waals surface area contributed by atoms with E-state index in [0.29, 0.717) is 6.54 Å². The number of rotatable bonds is 4. The molecule has 1 N–H and O–H groups in total. The second-order valence-corrected chi connectivity index (χ2v) is 3.87. The summed E-state index contributed by atoms with van der Waals surface area (Å²) < 4.78 is 9.77. The van der Waals surface area contributed by atoms with Crippen molar-refractivity contribution in [3.63, 3.8) is 0 Å². The summed E-state index contributed by atoms with van der Waals surface area (Å²) in [5, 5.41) is 16.1. The number of hydrogen-bond donors (Lipinski definition) is 1. The van der Waals surface area contributed by atoms with E-state index in [1.54, 1.807) is 6.92 Å². The first-order chi connectivity index (χ1) is 8.65. The Morgan fingerprint density at radius 2 is 2.39 bits per heavy atom. The molecule has 0 aliphatic carbocycles. The van der Waals surface area contributed by atoms with Crippen molar-refractivity contribution in [3.05, 3.63) is 5.89 Å². The first-order valence-corrected chi connectivity index (χ1v) is 5.57. The van der Waals surface area contributed by atoms with Crippen LogP contribution in [-0.2, 0) is 9.53 Å². The largest absolute Gasteiger partial charge is 0.459 e. The zero-order valence-electron chi connectivity index (χ0n) is 9.83. The predicted molar refractivity (Wildman–Crippen MR) is 57.8 cm³/mol. The first-order valence-electron chi connectivity index (χ1n) is 5.57. The van der Waals surface area contributed by atoms with Gasteiger partial charge in [-0.15, -0.1) is 0 Å². The van der Waals surface area contributed by atoms with Crippen molar-refractivity contribution < 1.29 is 23.8 Å². The lowest BCUT2D eigenvalue weighted by molar-refractivity contribution is -0.117. The monoisotopic (exact) mass is 255 g/mol. The summed E-state index contributed by atoms with van der Waals surface area (Å²) in [6, 6.07) is -0.0426. The molecule has 0 bridgehead atoms. The van der Waals surface area contributed by atoms with E-state index in [-0.39, 0.29) is 43.4 Å². The lowest BCUT2D eigenvalue weighted by Crippen LogP contribution is -2.25. The second kappa shape index (κ2) is 5.13. The van der Waals surface area contributed by atoms with E-state index in [2.05, 4.69) is 10.2 Å². The fourth-order valence-electron chi connectivity index (χ4n) is 1.69. The van der Waals surface area contributed by atoms with E-state index in [9.17, 15) is 9.59 Å². The summed E-state index contributed by atoms with van der Waals surface area (Å²) in [6.45, 7) is 2.08. The smallest absolute Gasteiger partial charge is 0.396 e. The second-order valence-electron chi connectivity index (χ2n) is 3.87. The Morgan fingerprint density at radius 3 is 3.00 bits per heavy atom. The number of nitrogens with zero attached hydrogens (tertiary/aromatic N) is 3. The van der Waals surface area contributed by atoms with E-state index in [1.165, 1.54) is 4.90 Å². The molecular formula is C10H13N3O5. The molecule has 0 saturated carbocycles. The number of ether oxygens (including phenoxy) is 1. The Bertz CT molecular complexity index is 458. The van der Waals surface area contributed by atoms with Gasteiger partial charge in [0.05, 0.1) is 6.61 Å². The van der Waals surface area contributed by atoms with Crippen LogP contribution in [0, 0.1) is 5.92 Å². The van der Waals surface area contributed by atoms with Gasteiger partial charge in [0.15, 0.2) is 0 Å². The molecule has 1 saturated heterocycles. The molecule has 8 heteroatoms. The molecule has 1 aromatic heterocycles. The average Bonchev–Trinajstić information content (AvgIpc) is 2.95. The van der Waals surface area contributed by atoms with Crippen molar-refractivity contribution in [3.8, 4) is 0 Å². The fourth-order valence-corrected chi connectivity index (χ4v) is 1.69. The molecule has 0 spiro atoms. The molecule has 2 heterocycles. The van der Waals surface area contributed by atoms with Crippen molar-refractivity contribution in [2.45, 2.75) is 13.3 Å². The lowest BCUT2D eigenvalue weighted by atomic mass is 10.1. The summed E-state index contributed by atoms with van der Waals surface area (Å²) in [5.41, 5.74) is 0. The third kappa shape index (κ3) is 2.33. The maximum atomic E-state index is 11.6. The van der Waals surface area contributed by atoms with E-state index in [1.807, 2.05) is 0 Å². The van der Waals surface area contributed by atoms with Crippen molar-refractivity contribution in [2.24, 2.45) is 5.92 Å². The van der Waals surface area contributed by atoms with Crippen molar-refractivity contribution in [2.75, 3.05) is 24.7 Å². The molecule has 8 nitrogen and oxygen atoms in total. The third-order valence-electron chi connectivity index (χ3n) is 2.56. The molecule has 1 aliphatic heterocycles. The minimum absolute atomic E-state index is 0.0426. The van der Waals surface area contributed by atoms with Gasteiger partial charge in [0.25, 0.3) is 0 Å². The third-order valence-corrected chi connectivity index (χ3v) is 2.56. The molecule has 1 aliphatic rings. The van der Waals surface area contributed by atoms with Crippen LogP contribution in [0.5, 0.6) is 0 Å². The number of carbonyl (C=O) groups is 2. The molecule has 18 heavy (non-hydrogen) atoms. The van der Waals surface area contributed by atoms with E-state index in [4.69, 9.17) is 14.3 Å². The molecule has 1 amide bonds. The molecular weight excluding hydrogens is 242 g/mol.